The van der Waals surface area contributed by atoms with Crippen LogP contribution in [0.1, 0.15) is 31.9 Å². The molecular weight excluding hydrogens is 448 g/mol. The number of esters is 2. The Hall–Kier alpha value is -3.58. The molecule has 7 nitrogen and oxygen atoms in total. The highest BCUT2D eigenvalue weighted by molar-refractivity contribution is 5.87. The van der Waals surface area contributed by atoms with E-state index in [1.54, 1.807) is 19.9 Å². The molecule has 35 heavy (non-hydrogen) atoms. The van der Waals surface area contributed by atoms with Gasteiger partial charge in [0.1, 0.15) is 30.8 Å². The SMILES string of the molecule is C=C(C)C(=O)OCC(C)COc1cccc(Cc2cccc(OCC(O)COC(=O)C(=C)C)c2)c1. The Morgan fingerprint density at radius 1 is 0.800 bits per heavy atom. The third-order valence-electron chi connectivity index (χ3n) is 4.78. The number of hydrogen-bond acceptors (Lipinski definition) is 7. The molecule has 1 N–H and O–H groups in total. The van der Waals surface area contributed by atoms with Crippen LogP contribution in [-0.2, 0) is 25.5 Å². The minimum Gasteiger partial charge on any atom is -0.493 e. The number of carbonyl (C=O) groups excluding carboxylic acids is 2. The van der Waals surface area contributed by atoms with Gasteiger partial charge in [0.05, 0.1) is 13.2 Å². The van der Waals surface area contributed by atoms with E-state index in [2.05, 4.69) is 13.2 Å². The second kappa shape index (κ2) is 14.0. The molecular formula is C28H34O7. The highest BCUT2D eigenvalue weighted by Crippen LogP contribution is 2.20. The highest BCUT2D eigenvalue weighted by Gasteiger charge is 2.11. The number of carbonyl (C=O) groups is 2. The molecule has 0 fully saturated rings. The van der Waals surface area contributed by atoms with Crippen molar-refractivity contribution in [2.24, 2.45) is 5.92 Å². The highest BCUT2D eigenvalue weighted by atomic mass is 16.6. The second-order valence-electron chi connectivity index (χ2n) is 8.61. The monoisotopic (exact) mass is 482 g/mol. The summed E-state index contributed by atoms with van der Waals surface area (Å²) in [7, 11) is 0. The van der Waals surface area contributed by atoms with Crippen molar-refractivity contribution in [1.29, 1.82) is 0 Å². The van der Waals surface area contributed by atoms with E-state index in [0.29, 0.717) is 24.4 Å². The van der Waals surface area contributed by atoms with Crippen LogP contribution in [0.2, 0.25) is 0 Å². The summed E-state index contributed by atoms with van der Waals surface area (Å²) in [6, 6.07) is 15.4. The summed E-state index contributed by atoms with van der Waals surface area (Å²) in [4.78, 5) is 22.9. The molecule has 0 saturated carbocycles. The summed E-state index contributed by atoms with van der Waals surface area (Å²) in [5.74, 6) is 0.442. The summed E-state index contributed by atoms with van der Waals surface area (Å²) in [5.41, 5.74) is 2.75. The quantitative estimate of drug-likeness (QED) is 0.318. The zero-order chi connectivity index (χ0) is 25.8. The van der Waals surface area contributed by atoms with E-state index in [9.17, 15) is 14.7 Å². The first kappa shape index (κ1) is 27.7. The van der Waals surface area contributed by atoms with Crippen LogP contribution in [0.25, 0.3) is 0 Å². The van der Waals surface area contributed by atoms with Gasteiger partial charge in [-0.2, -0.15) is 0 Å². The van der Waals surface area contributed by atoms with Gasteiger partial charge in [0.15, 0.2) is 0 Å². The first-order valence-corrected chi connectivity index (χ1v) is 11.4. The molecule has 0 aliphatic heterocycles. The summed E-state index contributed by atoms with van der Waals surface area (Å²) in [6.45, 7) is 12.7. The Morgan fingerprint density at radius 2 is 1.29 bits per heavy atom. The molecule has 0 heterocycles. The maximum absolute atomic E-state index is 11.5. The number of hydrogen-bond donors (Lipinski definition) is 1. The summed E-state index contributed by atoms with van der Waals surface area (Å²) in [5, 5.41) is 9.98. The molecule has 0 aromatic heterocycles. The Balaban J connectivity index is 1.84. The van der Waals surface area contributed by atoms with Gasteiger partial charge in [0.2, 0.25) is 0 Å². The molecule has 0 amide bonds. The molecule has 188 valence electrons. The van der Waals surface area contributed by atoms with Crippen LogP contribution >= 0.6 is 0 Å². The van der Waals surface area contributed by atoms with E-state index < -0.39 is 18.0 Å². The van der Waals surface area contributed by atoms with Crippen molar-refractivity contribution in [1.82, 2.24) is 0 Å². The zero-order valence-electron chi connectivity index (χ0n) is 20.6. The van der Waals surface area contributed by atoms with Crippen molar-refractivity contribution in [3.8, 4) is 11.5 Å². The number of ether oxygens (including phenoxy) is 4. The Kier molecular flexibility index (Phi) is 11.0. The summed E-state index contributed by atoms with van der Waals surface area (Å²) in [6.07, 6.45) is -0.277. The largest absolute Gasteiger partial charge is 0.493 e. The van der Waals surface area contributed by atoms with Gasteiger partial charge in [-0.25, -0.2) is 9.59 Å². The van der Waals surface area contributed by atoms with Gasteiger partial charge in [-0.1, -0.05) is 44.3 Å². The second-order valence-corrected chi connectivity index (χ2v) is 8.61. The van der Waals surface area contributed by atoms with Crippen LogP contribution in [0.15, 0.2) is 72.8 Å². The van der Waals surface area contributed by atoms with Crippen molar-refractivity contribution >= 4 is 11.9 Å². The summed E-state index contributed by atoms with van der Waals surface area (Å²) < 4.78 is 21.6. The number of benzene rings is 2. The normalized spacial score (nSPS) is 12.2. The average Bonchev–Trinajstić information content (AvgIpc) is 2.83. The zero-order valence-corrected chi connectivity index (χ0v) is 20.6. The van der Waals surface area contributed by atoms with Gasteiger partial charge in [0, 0.05) is 17.1 Å². The van der Waals surface area contributed by atoms with E-state index in [0.717, 1.165) is 16.9 Å². The van der Waals surface area contributed by atoms with Crippen LogP contribution in [0.3, 0.4) is 0 Å². The van der Waals surface area contributed by atoms with E-state index in [4.69, 9.17) is 18.9 Å². The Bertz CT molecular complexity index is 946. The van der Waals surface area contributed by atoms with Crippen molar-refractivity contribution in [3.05, 3.63) is 84.0 Å². The molecule has 0 radical (unpaired) electrons. The summed E-state index contributed by atoms with van der Waals surface area (Å²) >= 11 is 0. The van der Waals surface area contributed by atoms with E-state index in [1.807, 2.05) is 49.4 Å². The maximum Gasteiger partial charge on any atom is 0.333 e. The predicted octanol–water partition coefficient (Wildman–Crippen LogP) is 4.27. The molecule has 0 aliphatic carbocycles. The van der Waals surface area contributed by atoms with Crippen LogP contribution in [0, 0.1) is 5.92 Å². The standard InChI is InChI=1S/C28H34O7/c1-19(2)27(30)34-16-21(5)15-32-25-10-6-8-22(13-25)12-23-9-7-11-26(14-23)33-17-24(29)18-35-28(31)20(3)4/h6-11,13-14,21,24,29H,1,3,12,15-18H2,2,4-5H3. The minimum atomic E-state index is -0.942. The van der Waals surface area contributed by atoms with Gasteiger partial charge in [-0.15, -0.1) is 0 Å². The van der Waals surface area contributed by atoms with E-state index in [1.165, 1.54) is 0 Å². The molecule has 7 heteroatoms. The molecule has 2 atom stereocenters. The third kappa shape index (κ3) is 10.5. The lowest BCUT2D eigenvalue weighted by Gasteiger charge is -2.15. The average molecular weight is 483 g/mol. The molecule has 2 unspecified atom stereocenters. The predicted molar refractivity (Wildman–Crippen MR) is 133 cm³/mol. The smallest absolute Gasteiger partial charge is 0.333 e. The van der Waals surface area contributed by atoms with Gasteiger partial charge >= 0.3 is 11.9 Å². The Labute approximate surface area is 207 Å². The molecule has 0 aliphatic rings. The van der Waals surface area contributed by atoms with Crippen LogP contribution in [0.4, 0.5) is 0 Å². The minimum absolute atomic E-state index is 0.00386. The van der Waals surface area contributed by atoms with E-state index in [-0.39, 0.29) is 31.3 Å². The fourth-order valence-corrected chi connectivity index (χ4v) is 2.89. The molecule has 0 saturated heterocycles. The van der Waals surface area contributed by atoms with Crippen molar-refractivity contribution < 1.29 is 33.6 Å². The lowest BCUT2D eigenvalue weighted by molar-refractivity contribution is -0.142. The number of aliphatic hydroxyl groups excluding tert-OH is 1. The Morgan fingerprint density at radius 3 is 1.80 bits per heavy atom. The maximum atomic E-state index is 11.5. The van der Waals surface area contributed by atoms with Crippen molar-refractivity contribution in [2.75, 3.05) is 26.4 Å². The van der Waals surface area contributed by atoms with Crippen molar-refractivity contribution in [2.45, 2.75) is 33.3 Å². The molecule has 0 spiro atoms. The van der Waals surface area contributed by atoms with E-state index >= 15 is 0 Å². The first-order valence-electron chi connectivity index (χ1n) is 11.4. The van der Waals surface area contributed by atoms with Gasteiger partial charge < -0.3 is 24.1 Å². The van der Waals surface area contributed by atoms with Gasteiger partial charge in [-0.05, 0) is 55.7 Å². The topological polar surface area (TPSA) is 91.3 Å². The van der Waals surface area contributed by atoms with Crippen LogP contribution in [-0.4, -0.2) is 49.6 Å². The fraction of sp³-hybridized carbons (Fsp3) is 0.357. The lowest BCUT2D eigenvalue weighted by atomic mass is 10.0. The molecule has 2 aromatic carbocycles. The fourth-order valence-electron chi connectivity index (χ4n) is 2.89. The van der Waals surface area contributed by atoms with Crippen LogP contribution in [0.5, 0.6) is 11.5 Å². The van der Waals surface area contributed by atoms with Gasteiger partial charge in [0.25, 0.3) is 0 Å². The molecule has 2 aromatic rings. The number of rotatable bonds is 14. The first-order chi connectivity index (χ1) is 16.6. The van der Waals surface area contributed by atoms with Gasteiger partial charge in [-0.3, -0.25) is 0 Å². The van der Waals surface area contributed by atoms with Crippen molar-refractivity contribution in [3.63, 3.8) is 0 Å². The lowest BCUT2D eigenvalue weighted by Crippen LogP contribution is -2.25. The van der Waals surface area contributed by atoms with Crippen LogP contribution < -0.4 is 9.47 Å². The molecule has 2 rings (SSSR count). The number of aliphatic hydroxyl groups is 1. The third-order valence-corrected chi connectivity index (χ3v) is 4.78. The molecule has 0 bridgehead atoms.